The molecule has 1 aliphatic heterocycles. The van der Waals surface area contributed by atoms with E-state index in [1.807, 2.05) is 30.3 Å². The third kappa shape index (κ3) is 11.0. The lowest BCUT2D eigenvalue weighted by atomic mass is 9.95. The van der Waals surface area contributed by atoms with Gasteiger partial charge in [0.2, 0.25) is 23.6 Å². The van der Waals surface area contributed by atoms with Crippen LogP contribution in [0.1, 0.15) is 59.6 Å². The number of thioether (sulfide) groups is 1. The van der Waals surface area contributed by atoms with Crippen molar-refractivity contribution in [1.29, 1.82) is 0 Å². The van der Waals surface area contributed by atoms with Crippen LogP contribution in [0, 0.1) is 11.8 Å². The highest BCUT2D eigenvalue weighted by Gasteiger charge is 2.50. The molecule has 0 bridgehead atoms. The van der Waals surface area contributed by atoms with E-state index in [0.717, 1.165) is 16.5 Å². The Hall–Kier alpha value is -4.77. The Kier molecular flexibility index (Phi) is 15.2. The fourth-order valence-corrected chi connectivity index (χ4v) is 7.93. The first-order valence-electron chi connectivity index (χ1n) is 18.7. The number of carbonyl (C=O) groups is 6. The molecule has 0 spiro atoms. The van der Waals surface area contributed by atoms with E-state index in [1.165, 1.54) is 30.7 Å². The highest BCUT2D eigenvalue weighted by molar-refractivity contribution is 8.00. The van der Waals surface area contributed by atoms with Crippen LogP contribution in [0.5, 0.6) is 0 Å². The highest BCUT2D eigenvalue weighted by Crippen LogP contribution is 2.40. The number of aliphatic hydroxyl groups is 1. The lowest BCUT2D eigenvalue weighted by molar-refractivity contribution is -0.149. The summed E-state index contributed by atoms with van der Waals surface area (Å²) in [5.41, 5.74) is 4.97. The van der Waals surface area contributed by atoms with Gasteiger partial charge in [0.25, 0.3) is 11.8 Å². The lowest BCUT2D eigenvalue weighted by Gasteiger charge is -2.34. The van der Waals surface area contributed by atoms with Crippen molar-refractivity contribution in [3.05, 3.63) is 71.9 Å². The third-order valence-corrected chi connectivity index (χ3v) is 11.2. The summed E-state index contributed by atoms with van der Waals surface area (Å²) in [5.74, 6) is -4.48. The van der Waals surface area contributed by atoms with Crippen LogP contribution in [0.2, 0.25) is 0 Å². The van der Waals surface area contributed by atoms with E-state index in [4.69, 9.17) is 4.84 Å². The van der Waals surface area contributed by atoms with Crippen molar-refractivity contribution in [2.45, 2.75) is 102 Å². The van der Waals surface area contributed by atoms with E-state index in [-0.39, 0.29) is 24.6 Å². The SMILES string of the molecule is CON[C@H](C(=O)NC(=O)[C@H]1N(C(=O)[C@@H](O)[C@H](Cc2ccccc2)NC(=O)[C@@H](NC(=O)[C@H](Cc2c[nH]c3ccccc23)NC(C)=O)C(C)C)CSC1(C)C)C(C)C. The molecular formula is C40H55N7O8S. The highest BCUT2D eigenvalue weighted by atomic mass is 32.2. The van der Waals surface area contributed by atoms with E-state index in [1.54, 1.807) is 72.0 Å². The number of aromatic amines is 1. The zero-order valence-corrected chi connectivity index (χ0v) is 34.0. The average molecular weight is 794 g/mol. The van der Waals surface area contributed by atoms with Gasteiger partial charge in [0, 0.05) is 35.2 Å². The maximum Gasteiger partial charge on any atom is 0.254 e. The number of amides is 6. The number of benzene rings is 2. The summed E-state index contributed by atoms with van der Waals surface area (Å²) in [6, 6.07) is 11.2. The van der Waals surface area contributed by atoms with E-state index < -0.39 is 82.4 Å². The molecule has 56 heavy (non-hydrogen) atoms. The average Bonchev–Trinajstić information content (AvgIpc) is 3.70. The molecule has 7 N–H and O–H groups in total. The van der Waals surface area contributed by atoms with Crippen LogP contribution in [0.4, 0.5) is 0 Å². The predicted molar refractivity (Wildman–Crippen MR) is 214 cm³/mol. The normalized spacial score (nSPS) is 17.8. The summed E-state index contributed by atoms with van der Waals surface area (Å²) < 4.78 is -0.843. The van der Waals surface area contributed by atoms with Crippen LogP contribution < -0.4 is 26.7 Å². The Balaban J connectivity index is 1.56. The van der Waals surface area contributed by atoms with Crippen molar-refractivity contribution in [2.75, 3.05) is 13.0 Å². The molecule has 1 aromatic heterocycles. The topological polar surface area (TPSA) is 211 Å². The van der Waals surface area contributed by atoms with Gasteiger partial charge in [-0.3, -0.25) is 34.1 Å². The van der Waals surface area contributed by atoms with Crippen LogP contribution in [0.3, 0.4) is 0 Å². The summed E-state index contributed by atoms with van der Waals surface area (Å²) in [7, 11) is 1.36. The first-order valence-corrected chi connectivity index (χ1v) is 19.7. The number of hydrogen-bond donors (Lipinski definition) is 7. The third-order valence-electron chi connectivity index (χ3n) is 9.82. The molecule has 2 heterocycles. The molecule has 1 saturated heterocycles. The minimum Gasteiger partial charge on any atom is -0.381 e. The molecule has 0 radical (unpaired) electrons. The molecule has 1 aliphatic rings. The maximum absolute atomic E-state index is 14.2. The first-order chi connectivity index (χ1) is 26.4. The standard InChI is InChI=1S/C40H55N7O8S/c1-22(2)31(44-35(50)30(42-24(5)48)19-26-20-41-28-17-13-12-16-27(26)28)36(51)43-29(18-25-14-10-9-11-15-25)33(49)39(54)47-21-56-40(6,7)34(47)38(53)45-37(52)32(23(3)4)46-55-8/h9-17,20,22-23,29-34,41,46,49H,18-19,21H2,1-8H3,(H,42,48)(H,43,51)(H,44,50)(H,45,52,53)/t29-,30-,31-,32-,33-,34+/m0/s1. The van der Waals surface area contributed by atoms with Gasteiger partial charge in [0.1, 0.15) is 24.2 Å². The Morgan fingerprint density at radius 3 is 2.14 bits per heavy atom. The number of rotatable bonds is 17. The number of hydroxylamine groups is 1. The van der Waals surface area contributed by atoms with Crippen molar-refractivity contribution in [3.8, 4) is 0 Å². The zero-order valence-electron chi connectivity index (χ0n) is 33.2. The number of aromatic nitrogens is 1. The van der Waals surface area contributed by atoms with Gasteiger partial charge in [-0.25, -0.2) is 0 Å². The second-order valence-corrected chi connectivity index (χ2v) is 16.9. The summed E-state index contributed by atoms with van der Waals surface area (Å²) in [5, 5.41) is 23.4. The molecule has 0 aliphatic carbocycles. The first kappa shape index (κ1) is 44.0. The number of imide groups is 1. The van der Waals surface area contributed by atoms with Crippen LogP contribution in [-0.2, 0) is 46.4 Å². The van der Waals surface area contributed by atoms with Crippen molar-refractivity contribution in [1.82, 2.24) is 36.6 Å². The Labute approximate surface area is 331 Å². The predicted octanol–water partition coefficient (Wildman–Crippen LogP) is 1.94. The van der Waals surface area contributed by atoms with Gasteiger partial charge in [-0.15, -0.1) is 11.8 Å². The summed E-state index contributed by atoms with van der Waals surface area (Å²) in [6.45, 7) is 11.9. The second-order valence-electron chi connectivity index (χ2n) is 15.3. The van der Waals surface area contributed by atoms with Crippen molar-refractivity contribution in [3.63, 3.8) is 0 Å². The fourth-order valence-electron chi connectivity index (χ4n) is 6.79. The van der Waals surface area contributed by atoms with E-state index in [2.05, 4.69) is 31.7 Å². The second kappa shape index (κ2) is 19.4. The molecule has 6 atom stereocenters. The van der Waals surface area contributed by atoms with Gasteiger partial charge >= 0.3 is 0 Å². The Morgan fingerprint density at radius 1 is 0.875 bits per heavy atom. The number of nitrogens with zero attached hydrogens (tertiary/aromatic N) is 1. The molecule has 3 aromatic rings. The molecule has 4 rings (SSSR count). The minimum atomic E-state index is -1.82. The van der Waals surface area contributed by atoms with Gasteiger partial charge in [-0.1, -0.05) is 76.2 Å². The molecule has 2 aromatic carbocycles. The van der Waals surface area contributed by atoms with Crippen LogP contribution in [0.15, 0.2) is 60.8 Å². The number of aliphatic hydroxyl groups excluding tert-OH is 1. The minimum absolute atomic E-state index is 0.0335. The lowest BCUT2D eigenvalue weighted by Crippen LogP contribution is -2.62. The van der Waals surface area contributed by atoms with E-state index in [0.29, 0.717) is 5.56 Å². The Bertz CT molecular complexity index is 1870. The molecule has 304 valence electrons. The molecule has 0 unspecified atom stereocenters. The largest absolute Gasteiger partial charge is 0.381 e. The van der Waals surface area contributed by atoms with Crippen LogP contribution >= 0.6 is 11.8 Å². The van der Waals surface area contributed by atoms with Crippen molar-refractivity contribution >= 4 is 58.1 Å². The maximum atomic E-state index is 14.2. The van der Waals surface area contributed by atoms with Gasteiger partial charge in [0.05, 0.1) is 19.0 Å². The molecule has 16 heteroatoms. The quantitative estimate of drug-likeness (QED) is 0.0988. The van der Waals surface area contributed by atoms with Crippen molar-refractivity contribution in [2.24, 2.45) is 11.8 Å². The number of carbonyl (C=O) groups excluding carboxylic acids is 6. The number of para-hydroxylation sites is 1. The van der Waals surface area contributed by atoms with Crippen LogP contribution in [0.25, 0.3) is 10.9 Å². The molecule has 6 amide bonds. The molecule has 15 nitrogen and oxygen atoms in total. The summed E-state index contributed by atoms with van der Waals surface area (Å²) in [6.07, 6.45) is 0.137. The van der Waals surface area contributed by atoms with E-state index in [9.17, 15) is 33.9 Å². The van der Waals surface area contributed by atoms with Gasteiger partial charge in [0.15, 0.2) is 6.10 Å². The number of nitrogens with one attached hydrogen (secondary N) is 6. The molecule has 1 fully saturated rings. The van der Waals surface area contributed by atoms with Crippen LogP contribution in [-0.4, -0.2) is 104 Å². The van der Waals surface area contributed by atoms with Crippen molar-refractivity contribution < 1.29 is 38.7 Å². The molecule has 0 saturated carbocycles. The summed E-state index contributed by atoms with van der Waals surface area (Å²) >= 11 is 1.31. The monoisotopic (exact) mass is 793 g/mol. The Morgan fingerprint density at radius 2 is 1.52 bits per heavy atom. The summed E-state index contributed by atoms with van der Waals surface area (Å²) in [4.78, 5) is 90.5. The number of fused-ring (bicyclic) bond motifs is 1. The van der Waals surface area contributed by atoms with E-state index >= 15 is 0 Å². The smallest absolute Gasteiger partial charge is 0.254 e. The molecular weight excluding hydrogens is 739 g/mol. The van der Waals surface area contributed by atoms with Gasteiger partial charge < -0.3 is 35.8 Å². The fraction of sp³-hybridized carbons (Fsp3) is 0.500. The van der Waals surface area contributed by atoms with Gasteiger partial charge in [-0.2, -0.15) is 5.48 Å². The number of hydrogen-bond acceptors (Lipinski definition) is 10. The van der Waals surface area contributed by atoms with Gasteiger partial charge in [-0.05, 0) is 49.3 Å². The zero-order chi connectivity index (χ0) is 41.3. The number of H-pyrrole nitrogens is 1.